The predicted octanol–water partition coefficient (Wildman–Crippen LogP) is 6.18. The van der Waals surface area contributed by atoms with Gasteiger partial charge in [-0.25, -0.2) is 8.78 Å². The highest BCUT2D eigenvalue weighted by atomic mass is 32.2. The number of hydrogen-bond acceptors (Lipinski definition) is 0. The molecule has 0 saturated carbocycles. The van der Waals surface area contributed by atoms with Gasteiger partial charge in [0, 0.05) is 9.79 Å². The van der Waals surface area contributed by atoms with E-state index in [4.69, 9.17) is 0 Å². The van der Waals surface area contributed by atoms with E-state index in [1.807, 2.05) is 0 Å². The van der Waals surface area contributed by atoms with Crippen LogP contribution in [0.2, 0.25) is 0 Å². The van der Waals surface area contributed by atoms with Gasteiger partial charge in [-0.2, -0.15) is 13.2 Å². The maximum Gasteiger partial charge on any atom is 0.673 e. The fourth-order valence-corrected chi connectivity index (χ4v) is 4.35. The van der Waals surface area contributed by atoms with Crippen LogP contribution in [-0.2, 0) is 0 Å². The van der Waals surface area contributed by atoms with Crippen molar-refractivity contribution in [2.45, 2.75) is 15.3 Å². The van der Waals surface area contributed by atoms with Crippen LogP contribution in [0.25, 0.3) is 11.1 Å². The monoisotopic (exact) mass is 377 g/mol. The van der Waals surface area contributed by atoms with Crippen molar-refractivity contribution in [3.8, 4) is 11.1 Å². The molecular formula is C13H7BF9S-. The smallest absolute Gasteiger partial charge is 0.418 e. The summed E-state index contributed by atoms with van der Waals surface area (Å²) in [5, 5.41) is 0. The molecule has 24 heavy (non-hydrogen) atoms. The van der Waals surface area contributed by atoms with Crippen LogP contribution < -0.4 is 0 Å². The van der Waals surface area contributed by atoms with E-state index < -0.39 is 35.3 Å². The molecule has 1 heterocycles. The lowest BCUT2D eigenvalue weighted by atomic mass is 10.1. The zero-order chi connectivity index (χ0) is 18.3. The maximum atomic E-state index is 13.2. The quantitative estimate of drug-likeness (QED) is 0.316. The third-order valence-electron chi connectivity index (χ3n) is 2.94. The van der Waals surface area contributed by atoms with Crippen LogP contribution >= 0.6 is 10.9 Å². The first-order chi connectivity index (χ1) is 10.9. The molecule has 0 amide bonds. The molecule has 0 aromatic heterocycles. The van der Waals surface area contributed by atoms with Crippen molar-refractivity contribution in [1.29, 1.82) is 0 Å². The van der Waals surface area contributed by atoms with Gasteiger partial charge in [0.1, 0.15) is 11.6 Å². The molecule has 0 unspecified atom stereocenters. The molecule has 2 aromatic rings. The Morgan fingerprint density at radius 1 is 0.708 bits per heavy atom. The summed E-state index contributed by atoms with van der Waals surface area (Å²) >= 11 is 0. The summed E-state index contributed by atoms with van der Waals surface area (Å²) in [5.41, 5.74) is -4.15. The van der Waals surface area contributed by atoms with Gasteiger partial charge in [0.15, 0.2) is 0 Å². The van der Waals surface area contributed by atoms with Crippen LogP contribution in [0, 0.1) is 11.6 Å². The summed E-state index contributed by atoms with van der Waals surface area (Å²) in [4.78, 5) is 0.0639. The molecule has 0 saturated heterocycles. The first-order valence-electron chi connectivity index (χ1n) is 6.21. The van der Waals surface area contributed by atoms with Crippen LogP contribution in [0.4, 0.5) is 39.2 Å². The molecule has 1 aliphatic heterocycles. The minimum Gasteiger partial charge on any atom is -0.418 e. The van der Waals surface area contributed by atoms with E-state index >= 15 is 0 Å². The van der Waals surface area contributed by atoms with Crippen molar-refractivity contribution < 1.29 is 39.2 Å². The Labute approximate surface area is 132 Å². The van der Waals surface area contributed by atoms with Gasteiger partial charge in [0.05, 0.1) is 0 Å². The van der Waals surface area contributed by atoms with E-state index in [1.165, 1.54) is 0 Å². The van der Waals surface area contributed by atoms with Crippen LogP contribution in [0.3, 0.4) is 0 Å². The second-order valence-electron chi connectivity index (χ2n) is 4.62. The molecule has 0 aliphatic carbocycles. The Balaban J connectivity index is 0.000000368. The van der Waals surface area contributed by atoms with E-state index in [2.05, 4.69) is 0 Å². The van der Waals surface area contributed by atoms with Crippen LogP contribution in [0.15, 0.2) is 46.2 Å². The molecule has 0 radical (unpaired) electrons. The van der Waals surface area contributed by atoms with E-state index in [0.717, 1.165) is 36.4 Å². The average Bonchev–Trinajstić information content (AvgIpc) is 2.70. The van der Waals surface area contributed by atoms with Crippen molar-refractivity contribution >= 4 is 18.1 Å². The highest BCUT2D eigenvalue weighted by Gasteiger charge is 2.44. The second kappa shape index (κ2) is 6.27. The molecule has 132 valence electrons. The van der Waals surface area contributed by atoms with Gasteiger partial charge < -0.3 is 17.3 Å². The summed E-state index contributed by atoms with van der Waals surface area (Å²) in [6.07, 6.45) is 0. The van der Waals surface area contributed by atoms with Crippen molar-refractivity contribution in [3.63, 3.8) is 0 Å². The number of fused-ring (bicyclic) bond motifs is 3. The topological polar surface area (TPSA) is 0 Å². The largest absolute Gasteiger partial charge is 0.673 e. The number of rotatable bonds is 0. The lowest BCUT2D eigenvalue weighted by Gasteiger charge is -2.21. The van der Waals surface area contributed by atoms with Gasteiger partial charge in [-0.15, -0.1) is 10.9 Å². The zero-order valence-corrected chi connectivity index (χ0v) is 12.3. The lowest BCUT2D eigenvalue weighted by molar-refractivity contribution is -0.0354. The van der Waals surface area contributed by atoms with E-state index in [-0.39, 0.29) is 20.9 Å². The normalized spacial score (nSPS) is 14.6. The molecular weight excluding hydrogens is 370 g/mol. The SMILES string of the molecule is F[B-](F)(F)F.Fc1ccc2c(c1)-c1cc(F)ccc1[SH]2C(F)(F)F. The first-order valence-corrected chi connectivity index (χ1v) is 7.56. The van der Waals surface area contributed by atoms with Crippen molar-refractivity contribution in [2.24, 2.45) is 0 Å². The molecule has 0 nitrogen and oxygen atoms in total. The molecule has 2 aromatic carbocycles. The standard InChI is InChI=1S/C13H7F5S.BF4/c14-7-1-3-11-9(5-7)10-6-8(15)2-4-12(10)19(11)13(16,17)18;2-1(3,4)5/h1-6,19H;/q;-1. The van der Waals surface area contributed by atoms with E-state index in [0.29, 0.717) is 0 Å². The number of alkyl halides is 3. The summed E-state index contributed by atoms with van der Waals surface area (Å²) < 4.78 is 105. The summed E-state index contributed by atoms with van der Waals surface area (Å²) in [6.45, 7) is 0. The molecule has 1 aliphatic rings. The maximum absolute atomic E-state index is 13.2. The van der Waals surface area contributed by atoms with Gasteiger partial charge in [0.25, 0.3) is 0 Å². The fraction of sp³-hybridized carbons (Fsp3) is 0.0769. The Morgan fingerprint density at radius 2 is 1.04 bits per heavy atom. The lowest BCUT2D eigenvalue weighted by Crippen LogP contribution is -2.07. The average molecular weight is 377 g/mol. The zero-order valence-electron chi connectivity index (χ0n) is 11.4. The minimum absolute atomic E-state index is 0.0319. The number of halogens is 9. The van der Waals surface area contributed by atoms with Gasteiger partial charge in [-0.3, -0.25) is 0 Å². The third-order valence-corrected chi connectivity index (χ3v) is 5.19. The number of hydrogen-bond donors (Lipinski definition) is 1. The van der Waals surface area contributed by atoms with Gasteiger partial charge >= 0.3 is 12.8 Å². The molecule has 0 fully saturated rings. The molecule has 0 atom stereocenters. The number of thiol groups is 1. The van der Waals surface area contributed by atoms with Crippen LogP contribution in [0.5, 0.6) is 0 Å². The van der Waals surface area contributed by atoms with Crippen LogP contribution in [-0.4, -0.2) is 12.8 Å². The Kier molecular flexibility index (Phi) is 4.85. The highest BCUT2D eigenvalue weighted by molar-refractivity contribution is 8.18. The minimum atomic E-state index is -6.00. The Bertz CT molecular complexity index is 697. The van der Waals surface area contributed by atoms with Gasteiger partial charge in [-0.1, -0.05) is 0 Å². The second-order valence-corrected chi connectivity index (χ2v) is 6.76. The molecule has 0 N–H and O–H groups in total. The third kappa shape index (κ3) is 4.19. The van der Waals surface area contributed by atoms with Crippen molar-refractivity contribution in [2.75, 3.05) is 0 Å². The molecule has 0 spiro atoms. The van der Waals surface area contributed by atoms with Gasteiger partial charge in [0.2, 0.25) is 0 Å². The number of benzene rings is 2. The Hall–Kier alpha value is -1.78. The summed E-state index contributed by atoms with van der Waals surface area (Å²) in [5.74, 6) is -1.26. The summed E-state index contributed by atoms with van der Waals surface area (Å²) in [7, 11) is -8.58. The van der Waals surface area contributed by atoms with Crippen molar-refractivity contribution in [1.82, 2.24) is 0 Å². The summed E-state index contributed by atoms with van der Waals surface area (Å²) in [6, 6.07) is 6.34. The van der Waals surface area contributed by atoms with E-state index in [9.17, 15) is 39.2 Å². The fourth-order valence-electron chi connectivity index (χ4n) is 2.24. The van der Waals surface area contributed by atoms with Gasteiger partial charge in [-0.05, 0) is 47.5 Å². The first kappa shape index (κ1) is 18.6. The van der Waals surface area contributed by atoms with E-state index in [1.54, 1.807) is 0 Å². The predicted molar refractivity (Wildman–Crippen MR) is 73.6 cm³/mol. The molecule has 3 rings (SSSR count). The highest BCUT2D eigenvalue weighted by Crippen LogP contribution is 2.66. The molecule has 0 bridgehead atoms. The molecule has 11 heteroatoms. The Morgan fingerprint density at radius 3 is 1.33 bits per heavy atom. The van der Waals surface area contributed by atoms with Crippen molar-refractivity contribution in [3.05, 3.63) is 48.0 Å². The van der Waals surface area contributed by atoms with Crippen LogP contribution in [0.1, 0.15) is 0 Å².